The molecule has 3 nitrogen and oxygen atoms in total. The Balaban J connectivity index is 2.98. The molecule has 0 aliphatic rings. The van der Waals surface area contributed by atoms with Gasteiger partial charge in [-0.1, -0.05) is 6.07 Å². The number of hydrogen-bond donors (Lipinski definition) is 0. The number of hydrogen-bond acceptors (Lipinski definition) is 2. The van der Waals surface area contributed by atoms with E-state index in [1.165, 1.54) is 0 Å². The van der Waals surface area contributed by atoms with Crippen LogP contribution in [0.15, 0.2) is 12.1 Å². The summed E-state index contributed by atoms with van der Waals surface area (Å²) in [7, 11) is 1.89. The van der Waals surface area contributed by atoms with Crippen LogP contribution < -0.4 is 0 Å². The molecule has 2 rings (SSSR count). The van der Waals surface area contributed by atoms with Crippen LogP contribution >= 0.6 is 0 Å². The first-order chi connectivity index (χ1) is 6.65. The van der Waals surface area contributed by atoms with Crippen LogP contribution in [0, 0.1) is 13.8 Å². The molecular formula is C11H12N2O. The van der Waals surface area contributed by atoms with E-state index in [0.29, 0.717) is 5.56 Å². The van der Waals surface area contributed by atoms with Gasteiger partial charge in [0.15, 0.2) is 6.29 Å². The molecule has 14 heavy (non-hydrogen) atoms. The van der Waals surface area contributed by atoms with Crippen molar-refractivity contribution in [1.82, 2.24) is 9.78 Å². The quantitative estimate of drug-likeness (QED) is 0.641. The van der Waals surface area contributed by atoms with Crippen molar-refractivity contribution >= 4 is 17.2 Å². The van der Waals surface area contributed by atoms with Crippen LogP contribution in [0.4, 0.5) is 0 Å². The van der Waals surface area contributed by atoms with Crippen molar-refractivity contribution in [2.45, 2.75) is 13.8 Å². The number of fused-ring (bicyclic) bond motifs is 1. The maximum absolute atomic E-state index is 10.8. The number of nitrogens with zero attached hydrogens (tertiary/aromatic N) is 2. The van der Waals surface area contributed by atoms with E-state index in [4.69, 9.17) is 0 Å². The molecule has 1 aromatic carbocycles. The van der Waals surface area contributed by atoms with Crippen LogP contribution in [-0.4, -0.2) is 16.1 Å². The molecule has 3 heteroatoms. The van der Waals surface area contributed by atoms with Gasteiger partial charge < -0.3 is 0 Å². The average molecular weight is 188 g/mol. The molecule has 72 valence electrons. The minimum atomic E-state index is 0.661. The van der Waals surface area contributed by atoms with E-state index < -0.39 is 0 Å². The van der Waals surface area contributed by atoms with Crippen LogP contribution in [0.1, 0.15) is 21.6 Å². The molecule has 0 aliphatic carbocycles. The molecule has 0 spiro atoms. The van der Waals surface area contributed by atoms with E-state index >= 15 is 0 Å². The fourth-order valence-electron chi connectivity index (χ4n) is 1.75. The minimum absolute atomic E-state index is 0.661. The summed E-state index contributed by atoms with van der Waals surface area (Å²) in [6.45, 7) is 4.04. The molecule has 0 radical (unpaired) electrons. The van der Waals surface area contributed by atoms with Crippen LogP contribution in [0.2, 0.25) is 0 Å². The van der Waals surface area contributed by atoms with Crippen molar-refractivity contribution in [2.24, 2.45) is 7.05 Å². The van der Waals surface area contributed by atoms with Gasteiger partial charge in [-0.25, -0.2) is 0 Å². The summed E-state index contributed by atoms with van der Waals surface area (Å²) < 4.78 is 1.81. The van der Waals surface area contributed by atoms with Crippen molar-refractivity contribution in [3.05, 3.63) is 29.0 Å². The zero-order valence-electron chi connectivity index (χ0n) is 8.53. The lowest BCUT2D eigenvalue weighted by atomic mass is 10.1. The molecule has 0 atom stereocenters. The number of aryl methyl sites for hydroxylation is 3. The van der Waals surface area contributed by atoms with Gasteiger partial charge in [0.1, 0.15) is 5.52 Å². The van der Waals surface area contributed by atoms with E-state index in [2.05, 4.69) is 5.10 Å². The van der Waals surface area contributed by atoms with Crippen LogP contribution in [0.25, 0.3) is 10.9 Å². The van der Waals surface area contributed by atoms with Gasteiger partial charge in [0, 0.05) is 23.7 Å². The predicted molar refractivity (Wildman–Crippen MR) is 55.6 cm³/mol. The van der Waals surface area contributed by atoms with Gasteiger partial charge in [-0.3, -0.25) is 9.48 Å². The smallest absolute Gasteiger partial charge is 0.152 e. The standard InChI is InChI=1S/C11H12N2O/c1-7-4-5-9(6-14)11-10(7)8(2)13(3)12-11/h4-6H,1-3H3. The summed E-state index contributed by atoms with van der Waals surface area (Å²) in [6.07, 6.45) is 0.855. The van der Waals surface area contributed by atoms with Gasteiger partial charge in [-0.05, 0) is 25.5 Å². The Morgan fingerprint density at radius 3 is 2.71 bits per heavy atom. The maximum Gasteiger partial charge on any atom is 0.152 e. The Kier molecular flexibility index (Phi) is 1.88. The zero-order valence-corrected chi connectivity index (χ0v) is 8.53. The van der Waals surface area contributed by atoms with Crippen molar-refractivity contribution in [3.8, 4) is 0 Å². The van der Waals surface area contributed by atoms with Crippen LogP contribution in [0.5, 0.6) is 0 Å². The normalized spacial score (nSPS) is 10.8. The highest BCUT2D eigenvalue weighted by molar-refractivity contribution is 5.98. The van der Waals surface area contributed by atoms with Gasteiger partial charge >= 0.3 is 0 Å². The summed E-state index contributed by atoms with van der Waals surface area (Å²) in [5, 5.41) is 5.42. The molecule has 1 aromatic heterocycles. The van der Waals surface area contributed by atoms with E-state index in [1.54, 1.807) is 0 Å². The molecule has 0 unspecified atom stereocenters. The number of rotatable bonds is 1. The SMILES string of the molecule is Cc1ccc(C=O)c2nn(C)c(C)c12. The Labute approximate surface area is 82.3 Å². The maximum atomic E-state index is 10.8. The van der Waals surface area contributed by atoms with Crippen molar-refractivity contribution in [3.63, 3.8) is 0 Å². The Morgan fingerprint density at radius 1 is 1.36 bits per heavy atom. The molecule has 0 amide bonds. The number of carbonyl (C=O) groups is 1. The van der Waals surface area contributed by atoms with Crippen molar-refractivity contribution in [2.75, 3.05) is 0 Å². The molecule has 0 N–H and O–H groups in total. The second-order valence-corrected chi connectivity index (χ2v) is 3.52. The fourth-order valence-corrected chi connectivity index (χ4v) is 1.75. The topological polar surface area (TPSA) is 34.9 Å². The molecular weight excluding hydrogens is 176 g/mol. The molecule has 0 aliphatic heterocycles. The predicted octanol–water partition coefficient (Wildman–Crippen LogP) is 2.00. The molecule has 0 saturated heterocycles. The largest absolute Gasteiger partial charge is 0.298 e. The summed E-state index contributed by atoms with van der Waals surface area (Å²) >= 11 is 0. The van der Waals surface area contributed by atoms with Crippen LogP contribution in [-0.2, 0) is 7.05 Å². The van der Waals surface area contributed by atoms with Gasteiger partial charge in [0.2, 0.25) is 0 Å². The minimum Gasteiger partial charge on any atom is -0.298 e. The van der Waals surface area contributed by atoms with E-state index in [0.717, 1.165) is 28.4 Å². The summed E-state index contributed by atoms with van der Waals surface area (Å²) in [5.74, 6) is 0. The monoisotopic (exact) mass is 188 g/mol. The highest BCUT2D eigenvalue weighted by atomic mass is 16.1. The lowest BCUT2D eigenvalue weighted by Crippen LogP contribution is -1.91. The first-order valence-corrected chi connectivity index (χ1v) is 4.53. The molecule has 0 saturated carbocycles. The highest BCUT2D eigenvalue weighted by Gasteiger charge is 2.10. The lowest BCUT2D eigenvalue weighted by molar-refractivity contribution is 0.112. The number of benzene rings is 1. The lowest BCUT2D eigenvalue weighted by Gasteiger charge is -1.98. The molecule has 2 aromatic rings. The van der Waals surface area contributed by atoms with E-state index in [9.17, 15) is 4.79 Å². The summed E-state index contributed by atoms with van der Waals surface area (Å²) in [5.41, 5.74) is 3.73. The van der Waals surface area contributed by atoms with Gasteiger partial charge in [-0.2, -0.15) is 5.10 Å². The fraction of sp³-hybridized carbons (Fsp3) is 0.273. The summed E-state index contributed by atoms with van der Waals surface area (Å²) in [4.78, 5) is 10.8. The first kappa shape index (κ1) is 8.94. The van der Waals surface area contributed by atoms with Crippen LogP contribution in [0.3, 0.4) is 0 Å². The van der Waals surface area contributed by atoms with Gasteiger partial charge in [0.05, 0.1) is 0 Å². The van der Waals surface area contributed by atoms with Crippen molar-refractivity contribution < 1.29 is 4.79 Å². The number of aldehydes is 1. The van der Waals surface area contributed by atoms with E-state index in [-0.39, 0.29) is 0 Å². The third-order valence-corrected chi connectivity index (χ3v) is 2.64. The second-order valence-electron chi connectivity index (χ2n) is 3.52. The van der Waals surface area contributed by atoms with Crippen molar-refractivity contribution in [1.29, 1.82) is 0 Å². The molecule has 0 bridgehead atoms. The van der Waals surface area contributed by atoms with Gasteiger partial charge in [0.25, 0.3) is 0 Å². The zero-order chi connectivity index (χ0) is 10.3. The Morgan fingerprint density at radius 2 is 2.07 bits per heavy atom. The highest BCUT2D eigenvalue weighted by Crippen LogP contribution is 2.23. The van der Waals surface area contributed by atoms with E-state index in [1.807, 2.05) is 37.7 Å². The molecule has 0 fully saturated rings. The Hall–Kier alpha value is -1.64. The van der Waals surface area contributed by atoms with Gasteiger partial charge in [-0.15, -0.1) is 0 Å². The summed E-state index contributed by atoms with van der Waals surface area (Å²) in [6, 6.07) is 3.78. The third-order valence-electron chi connectivity index (χ3n) is 2.64. The first-order valence-electron chi connectivity index (χ1n) is 4.53. The number of aromatic nitrogens is 2. The third kappa shape index (κ3) is 1.05. The molecule has 1 heterocycles. The second kappa shape index (κ2) is 2.94. The average Bonchev–Trinajstić information content (AvgIpc) is 2.45. The Bertz CT molecular complexity index is 511. The number of carbonyl (C=O) groups excluding carboxylic acids is 1.